The van der Waals surface area contributed by atoms with Crippen LogP contribution in [0.3, 0.4) is 0 Å². The van der Waals surface area contributed by atoms with Gasteiger partial charge in [-0.05, 0) is 49.2 Å². The molecule has 0 bridgehead atoms. The fourth-order valence-electron chi connectivity index (χ4n) is 3.76. The number of pyridine rings is 1. The Balaban J connectivity index is 1.82. The number of thioether (sulfide) groups is 1. The smallest absolute Gasteiger partial charge is 0.129 e. The minimum atomic E-state index is 0.0913. The van der Waals surface area contributed by atoms with Crippen molar-refractivity contribution in [2.24, 2.45) is 7.05 Å². The molecule has 0 spiro atoms. The quantitative estimate of drug-likeness (QED) is 0.626. The van der Waals surface area contributed by atoms with E-state index >= 15 is 0 Å². The Hall–Kier alpha value is -2.75. The molecule has 0 saturated heterocycles. The SMILES string of the molecule is Cc1cc(C#CCCO)ccc1[C@@H]1SC[C@H](C)Nc2c1c(-c1ccccn1)nn2C. The fourth-order valence-corrected chi connectivity index (χ4v) is 5.16. The van der Waals surface area contributed by atoms with E-state index in [-0.39, 0.29) is 11.9 Å². The topological polar surface area (TPSA) is 63.0 Å². The first kappa shape index (κ1) is 20.5. The largest absolute Gasteiger partial charge is 0.395 e. The molecule has 1 aromatic carbocycles. The molecule has 3 heterocycles. The molecule has 1 aliphatic rings. The zero-order chi connectivity index (χ0) is 21.1. The summed E-state index contributed by atoms with van der Waals surface area (Å²) in [7, 11) is 1.99. The molecule has 0 saturated carbocycles. The van der Waals surface area contributed by atoms with E-state index in [1.165, 1.54) is 16.7 Å². The van der Waals surface area contributed by atoms with Crippen LogP contribution in [0.5, 0.6) is 0 Å². The van der Waals surface area contributed by atoms with Crippen molar-refractivity contribution in [3.63, 3.8) is 0 Å². The number of fused-ring (bicyclic) bond motifs is 1. The van der Waals surface area contributed by atoms with Crippen LogP contribution in [0.1, 0.15) is 40.8 Å². The highest BCUT2D eigenvalue weighted by atomic mass is 32.2. The molecule has 1 aliphatic heterocycles. The van der Waals surface area contributed by atoms with Crippen LogP contribution >= 0.6 is 11.8 Å². The van der Waals surface area contributed by atoms with Crippen LogP contribution < -0.4 is 5.32 Å². The van der Waals surface area contributed by atoms with E-state index in [2.05, 4.69) is 54.2 Å². The van der Waals surface area contributed by atoms with Crippen molar-refractivity contribution in [3.8, 4) is 23.2 Å². The van der Waals surface area contributed by atoms with E-state index in [0.717, 1.165) is 28.5 Å². The summed E-state index contributed by atoms with van der Waals surface area (Å²) in [4.78, 5) is 4.57. The molecule has 30 heavy (non-hydrogen) atoms. The van der Waals surface area contributed by atoms with Crippen LogP contribution in [0.25, 0.3) is 11.4 Å². The minimum Gasteiger partial charge on any atom is -0.395 e. The number of nitrogens with one attached hydrogen (secondary N) is 1. The third kappa shape index (κ3) is 4.09. The molecule has 0 fully saturated rings. The molecule has 2 atom stereocenters. The average molecular weight is 419 g/mol. The lowest BCUT2D eigenvalue weighted by Crippen LogP contribution is -2.18. The monoisotopic (exact) mass is 418 g/mol. The standard InChI is InChI=1S/C24H26N4OS/c1-16-14-18(8-5-7-13-29)10-11-19(16)23-21-22(20-9-4-6-12-25-20)27-28(3)24(21)26-17(2)15-30-23/h4,6,9-12,14,17,23,26,29H,7,13,15H2,1-3H3/t17-,23-/m0/s1. The molecule has 4 rings (SSSR count). The van der Waals surface area contributed by atoms with Gasteiger partial charge in [0.1, 0.15) is 11.5 Å². The third-order valence-corrected chi connectivity index (χ3v) is 6.69. The van der Waals surface area contributed by atoms with Crippen molar-refractivity contribution in [3.05, 3.63) is 64.8 Å². The maximum Gasteiger partial charge on any atom is 0.129 e. The van der Waals surface area contributed by atoms with E-state index in [0.29, 0.717) is 12.5 Å². The van der Waals surface area contributed by atoms with Crippen molar-refractivity contribution >= 4 is 17.6 Å². The van der Waals surface area contributed by atoms with Gasteiger partial charge in [-0.15, -0.1) is 11.8 Å². The number of rotatable bonds is 3. The van der Waals surface area contributed by atoms with Crippen LogP contribution in [-0.4, -0.2) is 38.3 Å². The van der Waals surface area contributed by atoms with E-state index in [9.17, 15) is 0 Å². The number of anilines is 1. The Morgan fingerprint density at radius 3 is 2.90 bits per heavy atom. The van der Waals surface area contributed by atoms with E-state index in [4.69, 9.17) is 10.2 Å². The van der Waals surface area contributed by atoms with Gasteiger partial charge in [-0.3, -0.25) is 9.67 Å². The third-order valence-electron chi connectivity index (χ3n) is 5.17. The first-order valence-corrected chi connectivity index (χ1v) is 11.2. The van der Waals surface area contributed by atoms with Crippen molar-refractivity contribution in [1.82, 2.24) is 14.8 Å². The number of aryl methyl sites for hydroxylation is 2. The van der Waals surface area contributed by atoms with Crippen molar-refractivity contribution < 1.29 is 5.11 Å². The van der Waals surface area contributed by atoms with Gasteiger partial charge in [0.25, 0.3) is 0 Å². The molecule has 5 nitrogen and oxygen atoms in total. The molecule has 2 aromatic heterocycles. The van der Waals surface area contributed by atoms with E-state index in [1.54, 1.807) is 0 Å². The molecule has 6 heteroatoms. The van der Waals surface area contributed by atoms with E-state index in [1.807, 2.05) is 47.9 Å². The first-order valence-electron chi connectivity index (χ1n) is 10.1. The summed E-state index contributed by atoms with van der Waals surface area (Å²) >= 11 is 1.94. The average Bonchev–Trinajstić information content (AvgIpc) is 2.95. The Morgan fingerprint density at radius 1 is 1.30 bits per heavy atom. The van der Waals surface area contributed by atoms with Crippen molar-refractivity contribution in [2.45, 2.75) is 31.6 Å². The Bertz CT molecular complexity index is 1100. The summed E-state index contributed by atoms with van der Waals surface area (Å²) in [6, 6.07) is 12.7. The second-order valence-electron chi connectivity index (χ2n) is 7.55. The van der Waals surface area contributed by atoms with Crippen LogP contribution in [0.4, 0.5) is 5.82 Å². The van der Waals surface area contributed by atoms with Gasteiger partial charge < -0.3 is 10.4 Å². The lowest BCUT2D eigenvalue weighted by Gasteiger charge is -2.19. The predicted molar refractivity (Wildman–Crippen MR) is 124 cm³/mol. The lowest BCUT2D eigenvalue weighted by atomic mass is 9.96. The van der Waals surface area contributed by atoms with Crippen LogP contribution in [-0.2, 0) is 7.05 Å². The molecule has 0 aliphatic carbocycles. The van der Waals surface area contributed by atoms with E-state index < -0.39 is 0 Å². The predicted octanol–water partition coefficient (Wildman–Crippen LogP) is 4.16. The van der Waals surface area contributed by atoms with Gasteiger partial charge in [0, 0.05) is 42.6 Å². The fraction of sp³-hybridized carbons (Fsp3) is 0.333. The second kappa shape index (κ2) is 8.95. The molecule has 0 unspecified atom stereocenters. The molecular formula is C24H26N4OS. The van der Waals surface area contributed by atoms with Gasteiger partial charge >= 0.3 is 0 Å². The maximum atomic E-state index is 8.95. The maximum absolute atomic E-state index is 8.95. The Kier molecular flexibility index (Phi) is 6.12. The zero-order valence-corrected chi connectivity index (χ0v) is 18.3. The number of aromatic nitrogens is 3. The van der Waals surface area contributed by atoms with Gasteiger partial charge in [0.05, 0.1) is 17.6 Å². The molecule has 0 amide bonds. The first-order chi connectivity index (χ1) is 14.6. The Labute approximate surface area is 181 Å². The van der Waals surface area contributed by atoms with Gasteiger partial charge in [-0.1, -0.05) is 24.0 Å². The summed E-state index contributed by atoms with van der Waals surface area (Å²) in [6.07, 6.45) is 2.31. The number of hydrogen-bond acceptors (Lipinski definition) is 5. The highest BCUT2D eigenvalue weighted by Crippen LogP contribution is 2.47. The number of aliphatic hydroxyl groups is 1. The van der Waals surface area contributed by atoms with Crippen LogP contribution in [0, 0.1) is 18.8 Å². The molecule has 2 N–H and O–H groups in total. The van der Waals surface area contributed by atoms with Gasteiger partial charge in [-0.2, -0.15) is 5.10 Å². The molecule has 0 radical (unpaired) electrons. The summed E-state index contributed by atoms with van der Waals surface area (Å²) < 4.78 is 1.94. The molecule has 3 aromatic rings. The summed E-state index contributed by atoms with van der Waals surface area (Å²) in [5.74, 6) is 8.21. The van der Waals surface area contributed by atoms with Crippen molar-refractivity contribution in [1.29, 1.82) is 0 Å². The second-order valence-corrected chi connectivity index (χ2v) is 8.69. The summed E-state index contributed by atoms with van der Waals surface area (Å²) in [5.41, 5.74) is 6.47. The highest BCUT2D eigenvalue weighted by molar-refractivity contribution is 7.99. The number of nitrogens with zero attached hydrogens (tertiary/aromatic N) is 3. The van der Waals surface area contributed by atoms with Crippen LogP contribution in [0.15, 0.2) is 42.6 Å². The lowest BCUT2D eigenvalue weighted by molar-refractivity contribution is 0.305. The van der Waals surface area contributed by atoms with Gasteiger partial charge in [-0.25, -0.2) is 0 Å². The van der Waals surface area contributed by atoms with Crippen molar-refractivity contribution in [2.75, 3.05) is 17.7 Å². The zero-order valence-electron chi connectivity index (χ0n) is 17.5. The number of hydrogen-bond donors (Lipinski definition) is 2. The van der Waals surface area contributed by atoms with Gasteiger partial charge in [0.15, 0.2) is 0 Å². The molecule has 154 valence electrons. The number of benzene rings is 1. The Morgan fingerprint density at radius 2 is 2.17 bits per heavy atom. The normalized spacial score (nSPS) is 18.0. The molecular weight excluding hydrogens is 392 g/mol. The van der Waals surface area contributed by atoms with Gasteiger partial charge in [0.2, 0.25) is 0 Å². The van der Waals surface area contributed by atoms with Crippen LogP contribution in [0.2, 0.25) is 0 Å². The number of aliphatic hydroxyl groups excluding tert-OH is 1. The highest BCUT2D eigenvalue weighted by Gasteiger charge is 2.31. The minimum absolute atomic E-state index is 0.0913. The summed E-state index contributed by atoms with van der Waals surface area (Å²) in [5, 5.41) is 17.6. The summed E-state index contributed by atoms with van der Waals surface area (Å²) in [6.45, 7) is 4.44.